The Morgan fingerprint density at radius 3 is 2.49 bits per heavy atom. The highest BCUT2D eigenvalue weighted by Gasteiger charge is 2.29. The molecule has 13 heteroatoms. The number of amides is 2. The summed E-state index contributed by atoms with van der Waals surface area (Å²) in [6.45, 7) is 7.44. The maximum Gasteiger partial charge on any atom is 0.409 e. The van der Waals surface area contributed by atoms with E-state index in [0.717, 1.165) is 17.3 Å². The van der Waals surface area contributed by atoms with E-state index in [9.17, 15) is 18.4 Å². The van der Waals surface area contributed by atoms with Crippen molar-refractivity contribution in [2.24, 2.45) is 5.41 Å². The number of nitrogens with one attached hydrogen (secondary N) is 1. The van der Waals surface area contributed by atoms with Gasteiger partial charge in [-0.3, -0.25) is 4.79 Å². The Hall–Kier alpha value is -5.20. The molecular formula is C32H32F2N8O3. The predicted octanol–water partition coefficient (Wildman–Crippen LogP) is 6.00. The molecule has 1 saturated heterocycles. The second-order valence-corrected chi connectivity index (χ2v) is 12.2. The van der Waals surface area contributed by atoms with E-state index in [2.05, 4.69) is 19.9 Å². The Labute approximate surface area is 257 Å². The first-order valence-corrected chi connectivity index (χ1v) is 14.6. The Balaban J connectivity index is 1.28. The van der Waals surface area contributed by atoms with Crippen LogP contribution in [0.3, 0.4) is 0 Å². The van der Waals surface area contributed by atoms with Crippen molar-refractivity contribution >= 4 is 23.5 Å². The SMILES string of the molecule is CC(C)(C)COC(=O)N1CCC(n2cnc(-c3ccc(F)cc3)c2-c2ccc3nc(NC(=O)c4ccnc(F)c4)cn3n2)CC1. The van der Waals surface area contributed by atoms with Gasteiger partial charge in [0.05, 0.1) is 30.5 Å². The summed E-state index contributed by atoms with van der Waals surface area (Å²) in [5.74, 6) is -1.42. The Morgan fingerprint density at radius 2 is 1.78 bits per heavy atom. The minimum atomic E-state index is -0.760. The van der Waals surface area contributed by atoms with Gasteiger partial charge in [-0.2, -0.15) is 9.49 Å². The van der Waals surface area contributed by atoms with Crippen molar-refractivity contribution in [2.45, 2.75) is 39.7 Å². The summed E-state index contributed by atoms with van der Waals surface area (Å²) < 4.78 is 36.4. The van der Waals surface area contributed by atoms with Gasteiger partial charge >= 0.3 is 6.09 Å². The molecule has 1 aliphatic heterocycles. The average molecular weight is 615 g/mol. The van der Waals surface area contributed by atoms with Gasteiger partial charge in [0, 0.05) is 42.5 Å². The summed E-state index contributed by atoms with van der Waals surface area (Å²) in [5.41, 5.74) is 3.12. The number of fused-ring (bicyclic) bond motifs is 1. The van der Waals surface area contributed by atoms with Gasteiger partial charge in [-0.15, -0.1) is 0 Å². The van der Waals surface area contributed by atoms with E-state index in [0.29, 0.717) is 49.6 Å². The number of pyridine rings is 1. The van der Waals surface area contributed by atoms with Crippen LogP contribution in [0.15, 0.2) is 67.3 Å². The van der Waals surface area contributed by atoms with Gasteiger partial charge in [0.25, 0.3) is 5.91 Å². The van der Waals surface area contributed by atoms with Crippen LogP contribution < -0.4 is 5.32 Å². The van der Waals surface area contributed by atoms with Gasteiger partial charge in [-0.25, -0.2) is 28.7 Å². The zero-order valence-corrected chi connectivity index (χ0v) is 25.1. The van der Waals surface area contributed by atoms with E-state index in [-0.39, 0.29) is 34.7 Å². The van der Waals surface area contributed by atoms with Crippen molar-refractivity contribution in [2.75, 3.05) is 25.0 Å². The number of likely N-dealkylation sites (tertiary alicyclic amines) is 1. The maximum atomic E-state index is 13.8. The fraction of sp³-hybridized carbons (Fsp3) is 0.312. The van der Waals surface area contributed by atoms with Crippen LogP contribution in [0.5, 0.6) is 0 Å². The Kier molecular flexibility index (Phi) is 8.00. The zero-order valence-electron chi connectivity index (χ0n) is 25.1. The van der Waals surface area contributed by atoms with Gasteiger partial charge in [0.1, 0.15) is 11.5 Å². The highest BCUT2D eigenvalue weighted by Crippen LogP contribution is 2.35. The molecule has 4 aromatic heterocycles. The highest BCUT2D eigenvalue weighted by molar-refractivity contribution is 6.03. The van der Waals surface area contributed by atoms with Gasteiger partial charge in [-0.1, -0.05) is 20.8 Å². The molecule has 45 heavy (non-hydrogen) atoms. The van der Waals surface area contributed by atoms with Crippen LogP contribution in [0.25, 0.3) is 28.3 Å². The number of carbonyl (C=O) groups excluding carboxylic acids is 2. The standard InChI is InChI=1S/C32H32F2N8O3/c1-32(2,3)18-45-31(44)40-14-11-23(12-15-40)41-19-36-28(20-4-6-22(33)7-5-20)29(41)24-8-9-27-37-26(17-42(27)39-24)38-30(43)21-10-13-35-25(34)16-21/h4-10,13,16-17,19,23H,11-12,14-15,18H2,1-3H3,(H,38,43). The lowest BCUT2D eigenvalue weighted by molar-refractivity contribution is 0.0627. The third-order valence-corrected chi connectivity index (χ3v) is 7.45. The molecule has 232 valence electrons. The molecule has 0 saturated carbocycles. The molecule has 0 aliphatic carbocycles. The zero-order chi connectivity index (χ0) is 31.7. The topological polar surface area (TPSA) is 120 Å². The average Bonchev–Trinajstić information content (AvgIpc) is 3.64. The molecule has 1 N–H and O–H groups in total. The summed E-state index contributed by atoms with van der Waals surface area (Å²) >= 11 is 0. The van der Waals surface area contributed by atoms with Crippen molar-refractivity contribution in [1.82, 2.24) is 34.0 Å². The van der Waals surface area contributed by atoms with Crippen LogP contribution in [-0.4, -0.2) is 65.7 Å². The number of rotatable bonds is 6. The number of imidazole rings is 2. The summed E-state index contributed by atoms with van der Waals surface area (Å²) in [6, 6.07) is 12.2. The number of halogens is 2. The van der Waals surface area contributed by atoms with E-state index >= 15 is 0 Å². The largest absolute Gasteiger partial charge is 0.449 e. The summed E-state index contributed by atoms with van der Waals surface area (Å²) in [4.78, 5) is 39.7. The van der Waals surface area contributed by atoms with E-state index in [1.165, 1.54) is 28.9 Å². The summed E-state index contributed by atoms with van der Waals surface area (Å²) in [6.07, 6.45) is 5.57. The van der Waals surface area contributed by atoms with E-state index in [1.54, 1.807) is 35.6 Å². The molecule has 0 atom stereocenters. The minimum absolute atomic E-state index is 0.0178. The van der Waals surface area contributed by atoms with E-state index in [1.807, 2.05) is 26.8 Å². The number of carbonyl (C=O) groups is 2. The van der Waals surface area contributed by atoms with E-state index < -0.39 is 11.9 Å². The van der Waals surface area contributed by atoms with Crippen molar-refractivity contribution in [1.29, 1.82) is 0 Å². The molecule has 5 aromatic rings. The number of hydrogen-bond acceptors (Lipinski definition) is 7. The number of benzene rings is 1. The smallest absolute Gasteiger partial charge is 0.409 e. The molecule has 6 rings (SSSR count). The second kappa shape index (κ2) is 12.1. The Bertz CT molecular complexity index is 1850. The lowest BCUT2D eigenvalue weighted by atomic mass is 9.99. The first-order chi connectivity index (χ1) is 21.5. The normalized spacial score (nSPS) is 14.1. The lowest BCUT2D eigenvalue weighted by Crippen LogP contribution is -2.40. The van der Waals surface area contributed by atoms with Crippen LogP contribution in [0.2, 0.25) is 0 Å². The van der Waals surface area contributed by atoms with Gasteiger partial charge < -0.3 is 19.5 Å². The molecule has 0 radical (unpaired) electrons. The summed E-state index contributed by atoms with van der Waals surface area (Å²) in [5, 5.41) is 7.46. The molecule has 5 heterocycles. The van der Waals surface area contributed by atoms with Crippen LogP contribution >= 0.6 is 0 Å². The number of piperidine rings is 1. The molecular weight excluding hydrogens is 582 g/mol. The second-order valence-electron chi connectivity index (χ2n) is 12.2. The first kappa shape index (κ1) is 29.9. The molecule has 1 aliphatic rings. The number of ether oxygens (including phenoxy) is 1. The summed E-state index contributed by atoms with van der Waals surface area (Å²) in [7, 11) is 0. The lowest BCUT2D eigenvalue weighted by Gasteiger charge is -2.33. The predicted molar refractivity (Wildman–Crippen MR) is 162 cm³/mol. The maximum absolute atomic E-state index is 13.8. The van der Waals surface area contributed by atoms with Crippen molar-refractivity contribution in [3.63, 3.8) is 0 Å². The Morgan fingerprint density at radius 1 is 1.02 bits per heavy atom. The number of aromatic nitrogens is 6. The molecule has 1 aromatic carbocycles. The highest BCUT2D eigenvalue weighted by atomic mass is 19.1. The molecule has 11 nitrogen and oxygen atoms in total. The van der Waals surface area contributed by atoms with E-state index in [4.69, 9.17) is 14.8 Å². The molecule has 1 fully saturated rings. The van der Waals surface area contributed by atoms with Gasteiger partial charge in [0.2, 0.25) is 5.95 Å². The van der Waals surface area contributed by atoms with Crippen LogP contribution in [0, 0.1) is 17.2 Å². The number of anilines is 1. The third-order valence-electron chi connectivity index (χ3n) is 7.45. The van der Waals surface area contributed by atoms with Crippen LogP contribution in [-0.2, 0) is 4.74 Å². The first-order valence-electron chi connectivity index (χ1n) is 14.6. The number of hydrogen-bond donors (Lipinski definition) is 1. The van der Waals surface area contributed by atoms with Crippen molar-refractivity contribution < 1.29 is 23.1 Å². The van der Waals surface area contributed by atoms with Gasteiger partial charge in [-0.05, 0) is 60.7 Å². The van der Waals surface area contributed by atoms with Crippen molar-refractivity contribution in [3.05, 3.63) is 84.6 Å². The van der Waals surface area contributed by atoms with Crippen LogP contribution in [0.4, 0.5) is 19.4 Å². The van der Waals surface area contributed by atoms with Gasteiger partial charge in [0.15, 0.2) is 11.5 Å². The number of nitrogens with zero attached hydrogens (tertiary/aromatic N) is 7. The van der Waals surface area contributed by atoms with Crippen LogP contribution in [0.1, 0.15) is 50.0 Å². The van der Waals surface area contributed by atoms with Crippen molar-refractivity contribution in [3.8, 4) is 22.6 Å². The molecule has 0 spiro atoms. The molecule has 0 unspecified atom stereocenters. The fourth-order valence-electron chi connectivity index (χ4n) is 5.21. The molecule has 2 amide bonds. The molecule has 0 bridgehead atoms. The third kappa shape index (κ3) is 6.66. The minimum Gasteiger partial charge on any atom is -0.449 e. The quantitative estimate of drug-likeness (QED) is 0.233. The monoisotopic (exact) mass is 614 g/mol. The fourth-order valence-corrected chi connectivity index (χ4v) is 5.21.